The normalized spacial score (nSPS) is 23.3. The summed E-state index contributed by atoms with van der Waals surface area (Å²) in [7, 11) is 0. The number of hydrogen-bond acceptors (Lipinski definition) is 3. The first-order valence-corrected chi connectivity index (χ1v) is 6.49. The molecule has 1 aliphatic carbocycles. The second-order valence-corrected chi connectivity index (χ2v) is 4.83. The van der Waals surface area contributed by atoms with E-state index in [9.17, 15) is 9.59 Å². The van der Waals surface area contributed by atoms with Crippen LogP contribution in [0.1, 0.15) is 31.2 Å². The molecule has 1 aromatic carbocycles. The largest absolute Gasteiger partial charge is 0.457 e. The zero-order valence-electron chi connectivity index (χ0n) is 10.4. The minimum Gasteiger partial charge on any atom is -0.457 e. The van der Waals surface area contributed by atoms with E-state index in [1.807, 2.05) is 18.2 Å². The van der Waals surface area contributed by atoms with Gasteiger partial charge >= 0.3 is 5.97 Å². The quantitative estimate of drug-likeness (QED) is 0.466. The van der Waals surface area contributed by atoms with Crippen LogP contribution in [-0.4, -0.2) is 18.4 Å². The molecule has 0 heterocycles. The summed E-state index contributed by atoms with van der Waals surface area (Å²) in [6.45, 7) is 0. The van der Waals surface area contributed by atoms with Gasteiger partial charge in [0.15, 0.2) is 0 Å². The van der Waals surface area contributed by atoms with Crippen LogP contribution in [0.5, 0.6) is 0 Å². The van der Waals surface area contributed by atoms with Crippen molar-refractivity contribution in [1.82, 2.24) is 0 Å². The molecule has 2 rings (SSSR count). The van der Waals surface area contributed by atoms with Crippen LogP contribution in [0.25, 0.3) is 0 Å². The van der Waals surface area contributed by atoms with Crippen molar-refractivity contribution in [1.29, 1.82) is 0 Å². The smallest absolute Gasteiger partial charge is 0.371 e. The van der Waals surface area contributed by atoms with Crippen molar-refractivity contribution < 1.29 is 14.3 Å². The van der Waals surface area contributed by atoms with E-state index in [0.717, 1.165) is 25.7 Å². The summed E-state index contributed by atoms with van der Waals surface area (Å²) in [6, 6.07) is 10.2. The Balaban J connectivity index is 1.99. The SMILES string of the molecule is O=CC(=O)O[C@@H]1CCCC[C@H]1Cc1ccccc1. The fourth-order valence-corrected chi connectivity index (χ4v) is 2.66. The fourth-order valence-electron chi connectivity index (χ4n) is 2.66. The molecule has 1 aliphatic rings. The van der Waals surface area contributed by atoms with Crippen molar-refractivity contribution in [2.75, 3.05) is 0 Å². The second-order valence-electron chi connectivity index (χ2n) is 4.83. The van der Waals surface area contributed by atoms with Gasteiger partial charge in [-0.05, 0) is 37.2 Å². The average Bonchev–Trinajstić information content (AvgIpc) is 2.42. The molecule has 0 radical (unpaired) electrons. The molecule has 0 saturated heterocycles. The van der Waals surface area contributed by atoms with Gasteiger partial charge in [-0.25, -0.2) is 4.79 Å². The molecule has 3 nitrogen and oxygen atoms in total. The summed E-state index contributed by atoms with van der Waals surface area (Å²) < 4.78 is 5.22. The van der Waals surface area contributed by atoms with Gasteiger partial charge in [-0.3, -0.25) is 4.79 Å². The molecular formula is C15H18O3. The second kappa shape index (κ2) is 6.34. The Labute approximate surface area is 107 Å². The maximum atomic E-state index is 11.1. The standard InChI is InChI=1S/C15H18O3/c16-11-15(17)18-14-9-5-4-8-13(14)10-12-6-2-1-3-7-12/h1-3,6-7,11,13-14H,4-5,8-10H2/t13-,14+/m0/s1. The van der Waals surface area contributed by atoms with Crippen molar-refractivity contribution in [2.24, 2.45) is 5.92 Å². The molecule has 0 spiro atoms. The minimum atomic E-state index is -0.736. The number of carbonyl (C=O) groups excluding carboxylic acids is 2. The number of aldehydes is 1. The summed E-state index contributed by atoms with van der Waals surface area (Å²) in [5.41, 5.74) is 1.26. The van der Waals surface area contributed by atoms with E-state index in [0.29, 0.717) is 5.92 Å². The molecular weight excluding hydrogens is 228 g/mol. The molecule has 1 saturated carbocycles. The van der Waals surface area contributed by atoms with Crippen LogP contribution in [-0.2, 0) is 20.7 Å². The van der Waals surface area contributed by atoms with Crippen molar-refractivity contribution in [3.8, 4) is 0 Å². The highest BCUT2D eigenvalue weighted by Gasteiger charge is 2.28. The lowest BCUT2D eigenvalue weighted by atomic mass is 9.82. The highest BCUT2D eigenvalue weighted by atomic mass is 16.5. The van der Waals surface area contributed by atoms with Crippen molar-refractivity contribution in [3.63, 3.8) is 0 Å². The monoisotopic (exact) mass is 246 g/mol. The lowest BCUT2D eigenvalue weighted by Gasteiger charge is -2.30. The van der Waals surface area contributed by atoms with E-state index in [1.54, 1.807) is 0 Å². The molecule has 96 valence electrons. The van der Waals surface area contributed by atoms with E-state index in [2.05, 4.69) is 12.1 Å². The van der Waals surface area contributed by atoms with Crippen LogP contribution in [0, 0.1) is 5.92 Å². The zero-order valence-corrected chi connectivity index (χ0v) is 10.4. The topological polar surface area (TPSA) is 43.4 Å². The Bertz CT molecular complexity index is 399. The van der Waals surface area contributed by atoms with Gasteiger partial charge in [0.1, 0.15) is 6.10 Å². The Morgan fingerprint density at radius 1 is 1.22 bits per heavy atom. The van der Waals surface area contributed by atoms with Crippen molar-refractivity contribution >= 4 is 12.3 Å². The number of esters is 1. The van der Waals surface area contributed by atoms with Gasteiger partial charge in [0.25, 0.3) is 0 Å². The number of carbonyl (C=O) groups is 2. The molecule has 0 aliphatic heterocycles. The number of hydrogen-bond donors (Lipinski definition) is 0. The Morgan fingerprint density at radius 3 is 2.67 bits per heavy atom. The highest BCUT2D eigenvalue weighted by Crippen LogP contribution is 2.29. The maximum Gasteiger partial charge on any atom is 0.371 e. The molecule has 0 unspecified atom stereocenters. The Kier molecular flexibility index (Phi) is 4.51. The minimum absolute atomic E-state index is 0.100. The third-order valence-electron chi connectivity index (χ3n) is 3.54. The first-order chi connectivity index (χ1) is 8.79. The van der Waals surface area contributed by atoms with Gasteiger partial charge in [0.05, 0.1) is 0 Å². The first kappa shape index (κ1) is 12.8. The van der Waals surface area contributed by atoms with Gasteiger partial charge in [0.2, 0.25) is 6.29 Å². The predicted molar refractivity (Wildman–Crippen MR) is 68.0 cm³/mol. The third-order valence-corrected chi connectivity index (χ3v) is 3.54. The average molecular weight is 246 g/mol. The molecule has 3 heteroatoms. The molecule has 2 atom stereocenters. The number of benzene rings is 1. The van der Waals surface area contributed by atoms with Gasteiger partial charge in [-0.2, -0.15) is 0 Å². The molecule has 0 bridgehead atoms. The van der Waals surface area contributed by atoms with E-state index in [-0.39, 0.29) is 12.4 Å². The fraction of sp³-hybridized carbons (Fsp3) is 0.467. The van der Waals surface area contributed by atoms with E-state index >= 15 is 0 Å². The van der Waals surface area contributed by atoms with Crippen LogP contribution >= 0.6 is 0 Å². The van der Waals surface area contributed by atoms with Crippen LogP contribution < -0.4 is 0 Å². The number of rotatable bonds is 4. The maximum absolute atomic E-state index is 11.1. The van der Waals surface area contributed by atoms with Crippen LogP contribution in [0.2, 0.25) is 0 Å². The first-order valence-electron chi connectivity index (χ1n) is 6.49. The Morgan fingerprint density at radius 2 is 1.94 bits per heavy atom. The summed E-state index contributed by atoms with van der Waals surface area (Å²) >= 11 is 0. The van der Waals surface area contributed by atoms with Crippen LogP contribution in [0.15, 0.2) is 30.3 Å². The van der Waals surface area contributed by atoms with Gasteiger partial charge in [-0.1, -0.05) is 36.8 Å². The molecule has 0 N–H and O–H groups in total. The molecule has 1 aromatic rings. The van der Waals surface area contributed by atoms with E-state index in [4.69, 9.17) is 4.74 Å². The third kappa shape index (κ3) is 3.42. The summed E-state index contributed by atoms with van der Waals surface area (Å²) in [6.07, 6.45) is 5.25. The van der Waals surface area contributed by atoms with E-state index in [1.165, 1.54) is 12.0 Å². The zero-order chi connectivity index (χ0) is 12.8. The van der Waals surface area contributed by atoms with Gasteiger partial charge in [0, 0.05) is 0 Å². The van der Waals surface area contributed by atoms with Gasteiger partial charge < -0.3 is 4.74 Å². The summed E-state index contributed by atoms with van der Waals surface area (Å²) in [5, 5.41) is 0. The van der Waals surface area contributed by atoms with Crippen molar-refractivity contribution in [3.05, 3.63) is 35.9 Å². The predicted octanol–water partition coefficient (Wildman–Crippen LogP) is 2.53. The summed E-state index contributed by atoms with van der Waals surface area (Å²) in [5.74, 6) is -0.398. The van der Waals surface area contributed by atoms with Crippen LogP contribution in [0.3, 0.4) is 0 Å². The molecule has 1 fully saturated rings. The summed E-state index contributed by atoms with van der Waals surface area (Å²) in [4.78, 5) is 21.5. The number of ether oxygens (including phenoxy) is 1. The highest BCUT2D eigenvalue weighted by molar-refractivity contribution is 6.20. The molecule has 0 amide bonds. The lowest BCUT2D eigenvalue weighted by molar-refractivity contribution is -0.156. The molecule has 18 heavy (non-hydrogen) atoms. The molecule has 0 aromatic heterocycles. The Hall–Kier alpha value is -1.64. The van der Waals surface area contributed by atoms with Gasteiger partial charge in [-0.15, -0.1) is 0 Å². The van der Waals surface area contributed by atoms with Crippen molar-refractivity contribution in [2.45, 2.75) is 38.2 Å². The van der Waals surface area contributed by atoms with Crippen LogP contribution in [0.4, 0.5) is 0 Å². The lowest BCUT2D eigenvalue weighted by Crippen LogP contribution is -2.31. The van der Waals surface area contributed by atoms with E-state index < -0.39 is 5.97 Å².